The second kappa shape index (κ2) is 6.17. The summed E-state index contributed by atoms with van der Waals surface area (Å²) < 4.78 is 37.8. The molecule has 0 aliphatic rings. The van der Waals surface area contributed by atoms with Crippen LogP contribution in [0.1, 0.15) is 20.8 Å². The summed E-state index contributed by atoms with van der Waals surface area (Å²) in [7, 11) is 0. The summed E-state index contributed by atoms with van der Waals surface area (Å²) in [5, 5.41) is 13.8. The molecule has 0 saturated carbocycles. The maximum Gasteiger partial charge on any atom is 0.416 e. The van der Waals surface area contributed by atoms with Crippen LogP contribution in [0.2, 0.25) is 0 Å². The minimum atomic E-state index is -4.56. The highest BCUT2D eigenvalue weighted by Crippen LogP contribution is 2.31. The molecule has 0 bridgehead atoms. The Balaban J connectivity index is 2.13. The number of aromatic carboxylic acids is 1. The molecule has 2 N–H and O–H groups in total. The van der Waals surface area contributed by atoms with Crippen LogP contribution in [0, 0.1) is 0 Å². The lowest BCUT2D eigenvalue weighted by Gasteiger charge is -2.12. The number of nitrogens with one attached hydrogen (secondary N) is 1. The number of rotatable bonds is 5. The zero-order valence-electron chi connectivity index (χ0n) is 10.8. The lowest BCUT2D eigenvalue weighted by Crippen LogP contribution is -2.12. The molecule has 2 aromatic rings. The zero-order chi connectivity index (χ0) is 15.5. The van der Waals surface area contributed by atoms with Gasteiger partial charge in [-0.2, -0.15) is 13.2 Å². The van der Waals surface area contributed by atoms with E-state index in [0.29, 0.717) is 19.0 Å². The Morgan fingerprint density at radius 3 is 2.62 bits per heavy atom. The Morgan fingerprint density at radius 1 is 1.29 bits per heavy atom. The van der Waals surface area contributed by atoms with Crippen molar-refractivity contribution in [3.63, 3.8) is 0 Å². The normalized spacial score (nSPS) is 11.4. The smallest absolute Gasteiger partial charge is 0.416 e. The van der Waals surface area contributed by atoms with Crippen LogP contribution in [0.4, 0.5) is 18.9 Å². The van der Waals surface area contributed by atoms with Crippen molar-refractivity contribution in [3.8, 4) is 0 Å². The molecule has 0 atom stereocenters. The van der Waals surface area contributed by atoms with Crippen LogP contribution in [0.5, 0.6) is 0 Å². The van der Waals surface area contributed by atoms with Crippen LogP contribution in [0.3, 0.4) is 0 Å². The van der Waals surface area contributed by atoms with Crippen LogP contribution >= 0.6 is 11.3 Å². The van der Waals surface area contributed by atoms with E-state index in [9.17, 15) is 18.0 Å². The second-order valence-electron chi connectivity index (χ2n) is 4.32. The summed E-state index contributed by atoms with van der Waals surface area (Å²) in [6.07, 6.45) is -3.88. The first kappa shape index (κ1) is 15.4. The summed E-state index contributed by atoms with van der Waals surface area (Å²) in [6, 6.07) is 6.52. The van der Waals surface area contributed by atoms with Gasteiger partial charge in [-0.1, -0.05) is 6.07 Å². The standard InChI is InChI=1S/C14H12F3NO2S/c15-14(16,17)9-3-4-12(11(8-9)13(19)20)18-6-5-10-2-1-7-21-10/h1-4,7-8,18H,5-6H2,(H,19,20). The molecule has 0 spiro atoms. The van der Waals surface area contributed by atoms with E-state index < -0.39 is 17.7 Å². The van der Waals surface area contributed by atoms with E-state index in [1.54, 1.807) is 11.3 Å². The van der Waals surface area contributed by atoms with E-state index in [2.05, 4.69) is 5.32 Å². The van der Waals surface area contributed by atoms with Crippen molar-refractivity contribution in [1.29, 1.82) is 0 Å². The van der Waals surface area contributed by atoms with Gasteiger partial charge >= 0.3 is 12.1 Å². The molecule has 7 heteroatoms. The van der Waals surface area contributed by atoms with Gasteiger partial charge in [0.25, 0.3) is 0 Å². The van der Waals surface area contributed by atoms with Gasteiger partial charge in [-0.3, -0.25) is 0 Å². The highest BCUT2D eigenvalue weighted by Gasteiger charge is 2.31. The molecule has 112 valence electrons. The van der Waals surface area contributed by atoms with Gasteiger partial charge in [0.05, 0.1) is 11.1 Å². The number of carboxylic acid groups (broad SMARTS) is 1. The Labute approximate surface area is 123 Å². The summed E-state index contributed by atoms with van der Waals surface area (Å²) >= 11 is 1.57. The molecule has 0 unspecified atom stereocenters. The molecule has 0 amide bonds. The molecule has 1 heterocycles. The van der Waals surface area contributed by atoms with Crippen molar-refractivity contribution in [2.24, 2.45) is 0 Å². The number of carboxylic acids is 1. The van der Waals surface area contributed by atoms with Gasteiger partial charge in [-0.15, -0.1) is 11.3 Å². The Hall–Kier alpha value is -2.02. The lowest BCUT2D eigenvalue weighted by atomic mass is 10.1. The van der Waals surface area contributed by atoms with E-state index in [1.807, 2.05) is 17.5 Å². The van der Waals surface area contributed by atoms with Crippen LogP contribution in [0.15, 0.2) is 35.7 Å². The fourth-order valence-corrected chi connectivity index (χ4v) is 2.54. The van der Waals surface area contributed by atoms with Crippen molar-refractivity contribution in [2.75, 3.05) is 11.9 Å². The van der Waals surface area contributed by atoms with Crippen molar-refractivity contribution >= 4 is 23.0 Å². The van der Waals surface area contributed by atoms with Crippen molar-refractivity contribution in [3.05, 3.63) is 51.7 Å². The van der Waals surface area contributed by atoms with Gasteiger partial charge in [0.15, 0.2) is 0 Å². The molecule has 2 rings (SSSR count). The van der Waals surface area contributed by atoms with Gasteiger partial charge in [0.1, 0.15) is 0 Å². The van der Waals surface area contributed by atoms with Crippen molar-refractivity contribution < 1.29 is 23.1 Å². The van der Waals surface area contributed by atoms with Gasteiger partial charge in [0.2, 0.25) is 0 Å². The third-order valence-electron chi connectivity index (χ3n) is 2.84. The Morgan fingerprint density at radius 2 is 2.05 bits per heavy atom. The summed E-state index contributed by atoms with van der Waals surface area (Å²) in [6.45, 7) is 0.451. The van der Waals surface area contributed by atoms with Gasteiger partial charge < -0.3 is 10.4 Å². The van der Waals surface area contributed by atoms with Crippen molar-refractivity contribution in [2.45, 2.75) is 12.6 Å². The molecular formula is C14H12F3NO2S. The third kappa shape index (κ3) is 3.98. The minimum Gasteiger partial charge on any atom is -0.478 e. The number of benzene rings is 1. The average molecular weight is 315 g/mol. The first-order valence-electron chi connectivity index (χ1n) is 6.08. The van der Waals surface area contributed by atoms with E-state index in [-0.39, 0.29) is 11.3 Å². The maximum atomic E-state index is 12.6. The fourth-order valence-electron chi connectivity index (χ4n) is 1.83. The average Bonchev–Trinajstić information content (AvgIpc) is 2.90. The fraction of sp³-hybridized carbons (Fsp3) is 0.214. The second-order valence-corrected chi connectivity index (χ2v) is 5.35. The van der Waals surface area contributed by atoms with Crippen molar-refractivity contribution in [1.82, 2.24) is 0 Å². The molecule has 0 saturated heterocycles. The molecule has 21 heavy (non-hydrogen) atoms. The maximum absolute atomic E-state index is 12.6. The summed E-state index contributed by atoms with van der Waals surface area (Å²) in [4.78, 5) is 12.2. The molecule has 0 radical (unpaired) electrons. The Kier molecular flexibility index (Phi) is 4.52. The molecule has 0 aliphatic heterocycles. The van der Waals surface area contributed by atoms with E-state index in [1.165, 1.54) is 0 Å². The molecule has 0 fully saturated rings. The topological polar surface area (TPSA) is 49.3 Å². The largest absolute Gasteiger partial charge is 0.478 e. The van der Waals surface area contributed by atoms with E-state index in [4.69, 9.17) is 5.11 Å². The first-order valence-corrected chi connectivity index (χ1v) is 6.96. The monoisotopic (exact) mass is 315 g/mol. The first-order chi connectivity index (χ1) is 9.88. The molecule has 0 aliphatic carbocycles. The number of hydrogen-bond donors (Lipinski definition) is 2. The molecular weight excluding hydrogens is 303 g/mol. The number of thiophene rings is 1. The zero-order valence-corrected chi connectivity index (χ0v) is 11.6. The number of halogens is 3. The number of anilines is 1. The van der Waals surface area contributed by atoms with Crippen LogP contribution in [0.25, 0.3) is 0 Å². The highest BCUT2D eigenvalue weighted by molar-refractivity contribution is 7.09. The van der Waals surface area contributed by atoms with Crippen LogP contribution < -0.4 is 5.32 Å². The summed E-state index contributed by atoms with van der Waals surface area (Å²) in [5.74, 6) is -1.39. The van der Waals surface area contributed by atoms with Crippen LogP contribution in [-0.4, -0.2) is 17.6 Å². The van der Waals surface area contributed by atoms with Gasteiger partial charge in [0, 0.05) is 17.1 Å². The SMILES string of the molecule is O=C(O)c1cc(C(F)(F)F)ccc1NCCc1cccs1. The van der Waals surface area contributed by atoms with Crippen LogP contribution in [-0.2, 0) is 12.6 Å². The molecule has 1 aromatic carbocycles. The number of carbonyl (C=O) groups is 1. The predicted molar refractivity (Wildman–Crippen MR) is 74.9 cm³/mol. The third-order valence-corrected chi connectivity index (χ3v) is 3.78. The van der Waals surface area contributed by atoms with Gasteiger partial charge in [-0.05, 0) is 36.1 Å². The quantitative estimate of drug-likeness (QED) is 0.872. The predicted octanol–water partition coefficient (Wildman–Crippen LogP) is 4.12. The highest BCUT2D eigenvalue weighted by atomic mass is 32.1. The number of alkyl halides is 3. The summed E-state index contributed by atoms with van der Waals surface area (Å²) in [5.41, 5.74) is -1.16. The van der Waals surface area contributed by atoms with E-state index >= 15 is 0 Å². The molecule has 3 nitrogen and oxygen atoms in total. The lowest BCUT2D eigenvalue weighted by molar-refractivity contribution is -0.137. The Bertz CT molecular complexity index is 624. The van der Waals surface area contributed by atoms with Gasteiger partial charge in [-0.25, -0.2) is 4.79 Å². The minimum absolute atomic E-state index is 0.187. The molecule has 1 aromatic heterocycles. The number of hydrogen-bond acceptors (Lipinski definition) is 3. The van der Waals surface area contributed by atoms with E-state index in [0.717, 1.165) is 17.0 Å².